The summed E-state index contributed by atoms with van der Waals surface area (Å²) in [4.78, 5) is 5.59. The first-order valence-electron chi connectivity index (χ1n) is 7.42. The number of thiophene rings is 1. The van der Waals surface area contributed by atoms with E-state index in [0.29, 0.717) is 13.2 Å². The Morgan fingerprint density at radius 1 is 1.22 bits per heavy atom. The molecule has 0 aliphatic carbocycles. The van der Waals surface area contributed by atoms with Crippen LogP contribution in [0.15, 0.2) is 40.7 Å². The Bertz CT molecular complexity index is 628. The van der Waals surface area contributed by atoms with E-state index in [1.165, 1.54) is 16.0 Å². The number of aryl methyl sites for hydroxylation is 1. The van der Waals surface area contributed by atoms with Gasteiger partial charge in [0.2, 0.25) is 0 Å². The fourth-order valence-corrected chi connectivity index (χ4v) is 2.91. The number of hydrogen-bond acceptors (Lipinski definition) is 3. The van der Waals surface area contributed by atoms with Gasteiger partial charge in [-0.1, -0.05) is 12.1 Å². The number of nitrogens with one attached hydrogen (secondary N) is 2. The van der Waals surface area contributed by atoms with Gasteiger partial charge in [0.25, 0.3) is 0 Å². The molecule has 0 radical (unpaired) electrons. The monoisotopic (exact) mass is 445 g/mol. The molecule has 1 heterocycles. The van der Waals surface area contributed by atoms with E-state index in [1.54, 1.807) is 18.4 Å². The molecule has 1 aromatic heterocycles. The van der Waals surface area contributed by atoms with Gasteiger partial charge < -0.3 is 15.4 Å². The van der Waals surface area contributed by atoms with E-state index >= 15 is 0 Å². The molecule has 2 aromatic rings. The van der Waals surface area contributed by atoms with Crippen molar-refractivity contribution >= 4 is 41.3 Å². The van der Waals surface area contributed by atoms with E-state index < -0.39 is 0 Å². The fraction of sp³-hybridized carbons (Fsp3) is 0.353. The predicted octanol–water partition coefficient (Wildman–Crippen LogP) is 3.94. The van der Waals surface area contributed by atoms with Gasteiger partial charge in [-0.2, -0.15) is 0 Å². The van der Waals surface area contributed by atoms with Gasteiger partial charge in [0.1, 0.15) is 5.75 Å². The topological polar surface area (TPSA) is 45.6 Å². The second-order valence-electron chi connectivity index (χ2n) is 4.89. The maximum absolute atomic E-state index is 5.52. The van der Waals surface area contributed by atoms with Crippen molar-refractivity contribution in [2.45, 2.75) is 26.9 Å². The molecule has 0 aliphatic rings. The largest absolute Gasteiger partial charge is 0.494 e. The molecule has 0 atom stereocenters. The molecule has 0 spiro atoms. The van der Waals surface area contributed by atoms with E-state index in [0.717, 1.165) is 18.3 Å². The highest BCUT2D eigenvalue weighted by Crippen LogP contribution is 2.15. The molecule has 4 nitrogen and oxygen atoms in total. The number of aliphatic imine (C=N–C) groups is 1. The molecule has 126 valence electrons. The predicted molar refractivity (Wildman–Crippen MR) is 109 cm³/mol. The summed E-state index contributed by atoms with van der Waals surface area (Å²) in [6.45, 7) is 6.30. The zero-order valence-electron chi connectivity index (χ0n) is 13.8. The van der Waals surface area contributed by atoms with Gasteiger partial charge in [-0.3, -0.25) is 4.99 Å². The van der Waals surface area contributed by atoms with Gasteiger partial charge in [0.05, 0.1) is 13.2 Å². The van der Waals surface area contributed by atoms with E-state index in [2.05, 4.69) is 40.1 Å². The van der Waals surface area contributed by atoms with E-state index in [4.69, 9.17) is 4.74 Å². The van der Waals surface area contributed by atoms with E-state index in [1.807, 2.05) is 25.1 Å². The Balaban J connectivity index is 0.00000264. The number of benzene rings is 1. The van der Waals surface area contributed by atoms with Crippen LogP contribution in [0.3, 0.4) is 0 Å². The van der Waals surface area contributed by atoms with Crippen LogP contribution in [0.2, 0.25) is 0 Å². The molecule has 1 aromatic carbocycles. The second-order valence-corrected chi connectivity index (χ2v) is 5.89. The number of guanidine groups is 1. The first-order chi connectivity index (χ1) is 10.7. The van der Waals surface area contributed by atoms with Crippen LogP contribution in [0.5, 0.6) is 5.75 Å². The zero-order valence-corrected chi connectivity index (χ0v) is 16.9. The van der Waals surface area contributed by atoms with Crippen molar-refractivity contribution in [2.75, 3.05) is 13.7 Å². The van der Waals surface area contributed by atoms with Gasteiger partial charge >= 0.3 is 0 Å². The third kappa shape index (κ3) is 6.39. The van der Waals surface area contributed by atoms with Gasteiger partial charge in [-0.15, -0.1) is 35.3 Å². The van der Waals surface area contributed by atoms with Crippen molar-refractivity contribution in [1.29, 1.82) is 0 Å². The van der Waals surface area contributed by atoms with Gasteiger partial charge in [-0.05, 0) is 48.6 Å². The number of halogens is 1. The first-order valence-corrected chi connectivity index (χ1v) is 8.30. The summed E-state index contributed by atoms with van der Waals surface area (Å²) in [6.07, 6.45) is 0. The van der Waals surface area contributed by atoms with Crippen molar-refractivity contribution in [2.24, 2.45) is 4.99 Å². The molecule has 0 fully saturated rings. The fourth-order valence-electron chi connectivity index (χ4n) is 2.07. The summed E-state index contributed by atoms with van der Waals surface area (Å²) in [5.41, 5.74) is 2.48. The van der Waals surface area contributed by atoms with Crippen molar-refractivity contribution < 1.29 is 4.74 Å². The number of hydrogen-bond donors (Lipinski definition) is 2. The van der Waals surface area contributed by atoms with E-state index in [-0.39, 0.29) is 24.0 Å². The smallest absolute Gasteiger partial charge is 0.191 e. The van der Waals surface area contributed by atoms with Crippen molar-refractivity contribution in [3.05, 3.63) is 51.7 Å². The normalized spacial score (nSPS) is 10.8. The average Bonchev–Trinajstić information content (AvgIpc) is 2.93. The summed E-state index contributed by atoms with van der Waals surface area (Å²) in [5.74, 6) is 1.70. The molecular weight excluding hydrogens is 421 g/mol. The van der Waals surface area contributed by atoms with Gasteiger partial charge in [0, 0.05) is 18.5 Å². The minimum absolute atomic E-state index is 0. The lowest BCUT2D eigenvalue weighted by Gasteiger charge is -2.12. The lowest BCUT2D eigenvalue weighted by atomic mass is 10.2. The number of nitrogens with zero attached hydrogens (tertiary/aromatic N) is 1. The number of ether oxygens (including phenoxy) is 1. The highest BCUT2D eigenvalue weighted by atomic mass is 127. The summed E-state index contributed by atoms with van der Waals surface area (Å²) in [6, 6.07) is 10.2. The van der Waals surface area contributed by atoms with Crippen LogP contribution in [0.1, 0.15) is 22.9 Å². The molecule has 23 heavy (non-hydrogen) atoms. The van der Waals surface area contributed by atoms with Crippen LogP contribution in [0.25, 0.3) is 0 Å². The van der Waals surface area contributed by atoms with Crippen LogP contribution in [0.4, 0.5) is 0 Å². The van der Waals surface area contributed by atoms with Crippen molar-refractivity contribution in [1.82, 2.24) is 10.6 Å². The Morgan fingerprint density at radius 3 is 2.65 bits per heavy atom. The molecule has 2 N–H and O–H groups in total. The average molecular weight is 445 g/mol. The highest BCUT2D eigenvalue weighted by Gasteiger charge is 2.03. The molecular formula is C17H24IN3OS. The third-order valence-electron chi connectivity index (χ3n) is 3.28. The quantitative estimate of drug-likeness (QED) is 0.402. The summed E-state index contributed by atoms with van der Waals surface area (Å²) < 4.78 is 5.52. The maximum Gasteiger partial charge on any atom is 0.191 e. The zero-order chi connectivity index (χ0) is 15.8. The minimum atomic E-state index is 0. The highest BCUT2D eigenvalue weighted by molar-refractivity contribution is 14.0. The van der Waals surface area contributed by atoms with Gasteiger partial charge in [-0.25, -0.2) is 0 Å². The maximum atomic E-state index is 5.52. The summed E-state index contributed by atoms with van der Waals surface area (Å²) in [5, 5.41) is 8.78. The first kappa shape index (κ1) is 19.8. The Hall–Kier alpha value is -1.28. The summed E-state index contributed by atoms with van der Waals surface area (Å²) >= 11 is 1.76. The van der Waals surface area contributed by atoms with Gasteiger partial charge in [0.15, 0.2) is 5.96 Å². The van der Waals surface area contributed by atoms with Crippen LogP contribution >= 0.6 is 35.3 Å². The molecule has 0 bridgehead atoms. The minimum Gasteiger partial charge on any atom is -0.494 e. The lowest BCUT2D eigenvalue weighted by Crippen LogP contribution is -2.36. The molecule has 6 heteroatoms. The van der Waals surface area contributed by atoms with Crippen LogP contribution in [0, 0.1) is 6.92 Å². The molecule has 0 saturated heterocycles. The molecule has 2 rings (SSSR count). The SMILES string of the molecule is CCOc1cccc(CNC(=NC)NCc2sccc2C)c1.I. The molecule has 0 amide bonds. The summed E-state index contributed by atoms with van der Waals surface area (Å²) in [7, 11) is 1.78. The van der Waals surface area contributed by atoms with Crippen molar-refractivity contribution in [3.8, 4) is 5.75 Å². The van der Waals surface area contributed by atoms with Crippen molar-refractivity contribution in [3.63, 3.8) is 0 Å². The van der Waals surface area contributed by atoms with Crippen LogP contribution in [-0.2, 0) is 13.1 Å². The van der Waals surface area contributed by atoms with Crippen LogP contribution < -0.4 is 15.4 Å². The standard InChI is InChI=1S/C17H23N3OS.HI/c1-4-21-15-7-5-6-14(10-15)11-19-17(18-3)20-12-16-13(2)8-9-22-16;/h5-10H,4,11-12H2,1-3H3,(H2,18,19,20);1H. The van der Waals surface area contributed by atoms with Crippen LogP contribution in [-0.4, -0.2) is 19.6 Å². The Kier molecular flexibility index (Phi) is 9.01. The Labute approximate surface area is 159 Å². The second kappa shape index (κ2) is 10.5. The Morgan fingerprint density at radius 2 is 2.00 bits per heavy atom. The molecule has 0 saturated carbocycles. The molecule has 0 aliphatic heterocycles. The van der Waals surface area contributed by atoms with E-state index in [9.17, 15) is 0 Å². The molecule has 0 unspecified atom stereocenters. The lowest BCUT2D eigenvalue weighted by molar-refractivity contribution is 0.340. The number of rotatable bonds is 6. The third-order valence-corrected chi connectivity index (χ3v) is 4.30.